The van der Waals surface area contributed by atoms with E-state index in [9.17, 15) is 4.79 Å². The molecule has 1 aromatic carbocycles. The van der Waals surface area contributed by atoms with E-state index in [1.807, 2.05) is 30.3 Å². The summed E-state index contributed by atoms with van der Waals surface area (Å²) >= 11 is 0. The van der Waals surface area contributed by atoms with Crippen LogP contribution in [0.4, 0.5) is 5.82 Å². The molecule has 0 amide bonds. The third-order valence-corrected chi connectivity index (χ3v) is 3.00. The van der Waals surface area contributed by atoms with Crippen LogP contribution in [0, 0.1) is 0 Å². The summed E-state index contributed by atoms with van der Waals surface area (Å²) in [7, 11) is 0. The van der Waals surface area contributed by atoms with Crippen molar-refractivity contribution in [2.24, 2.45) is 0 Å². The van der Waals surface area contributed by atoms with E-state index < -0.39 is 5.97 Å². The number of carboxylic acids is 1. The number of anilines is 1. The van der Waals surface area contributed by atoms with Crippen molar-refractivity contribution in [2.75, 3.05) is 5.32 Å². The van der Waals surface area contributed by atoms with E-state index >= 15 is 0 Å². The molecule has 20 heavy (non-hydrogen) atoms. The number of nitrogens with one attached hydrogen (secondary N) is 1. The van der Waals surface area contributed by atoms with Gasteiger partial charge in [0, 0.05) is 17.5 Å². The van der Waals surface area contributed by atoms with E-state index in [4.69, 9.17) is 9.52 Å². The summed E-state index contributed by atoms with van der Waals surface area (Å²) in [6.45, 7) is 0.524. The van der Waals surface area contributed by atoms with E-state index in [0.717, 1.165) is 16.3 Å². The molecule has 2 aromatic heterocycles. The highest BCUT2D eigenvalue weighted by Crippen LogP contribution is 2.23. The van der Waals surface area contributed by atoms with Gasteiger partial charge < -0.3 is 14.8 Å². The van der Waals surface area contributed by atoms with Gasteiger partial charge in [0.05, 0.1) is 12.5 Å². The lowest BCUT2D eigenvalue weighted by Gasteiger charge is -2.09. The van der Waals surface area contributed by atoms with Crippen LogP contribution >= 0.6 is 0 Å². The van der Waals surface area contributed by atoms with Crippen LogP contribution < -0.4 is 5.32 Å². The van der Waals surface area contributed by atoms with Crippen LogP contribution in [-0.4, -0.2) is 16.1 Å². The highest BCUT2D eigenvalue weighted by molar-refractivity contribution is 5.97. The molecule has 0 atom stereocenters. The zero-order valence-corrected chi connectivity index (χ0v) is 10.5. The molecular weight excluding hydrogens is 256 g/mol. The van der Waals surface area contributed by atoms with Gasteiger partial charge in [-0.3, -0.25) is 0 Å². The molecule has 0 spiro atoms. The first-order valence-electron chi connectivity index (χ1n) is 6.12. The minimum atomic E-state index is -1.04. The largest absolute Gasteiger partial charge is 0.477 e. The molecule has 0 aliphatic rings. The van der Waals surface area contributed by atoms with Crippen LogP contribution in [0.5, 0.6) is 0 Å². The second kappa shape index (κ2) is 5.05. The number of carboxylic acid groups (broad SMARTS) is 1. The van der Waals surface area contributed by atoms with Crippen molar-refractivity contribution < 1.29 is 14.3 Å². The van der Waals surface area contributed by atoms with E-state index in [1.165, 1.54) is 0 Å². The van der Waals surface area contributed by atoms with Crippen LogP contribution in [0.1, 0.15) is 16.1 Å². The Labute approximate surface area is 114 Å². The lowest BCUT2D eigenvalue weighted by Crippen LogP contribution is -2.06. The summed E-state index contributed by atoms with van der Waals surface area (Å²) < 4.78 is 5.00. The Morgan fingerprint density at radius 1 is 1.30 bits per heavy atom. The number of hydrogen-bond donors (Lipinski definition) is 2. The van der Waals surface area contributed by atoms with Gasteiger partial charge in [-0.25, -0.2) is 9.78 Å². The number of pyridine rings is 1. The van der Waals surface area contributed by atoms with Gasteiger partial charge in [-0.05, 0) is 17.5 Å². The molecule has 3 aromatic rings. The molecule has 5 heteroatoms. The number of benzene rings is 1. The summed E-state index contributed by atoms with van der Waals surface area (Å²) in [4.78, 5) is 15.3. The Morgan fingerprint density at radius 3 is 2.90 bits per heavy atom. The molecule has 5 nitrogen and oxygen atoms in total. The summed E-state index contributed by atoms with van der Waals surface area (Å²) in [5.74, 6) is -0.483. The average Bonchev–Trinajstić information content (AvgIpc) is 2.97. The topological polar surface area (TPSA) is 75.4 Å². The van der Waals surface area contributed by atoms with Crippen LogP contribution in [-0.2, 0) is 6.54 Å². The number of fused-ring (bicyclic) bond motifs is 1. The maximum Gasteiger partial charge on any atom is 0.354 e. The number of carbonyl (C=O) groups is 1. The molecule has 0 saturated heterocycles. The molecule has 0 unspecified atom stereocenters. The van der Waals surface area contributed by atoms with Crippen LogP contribution in [0.2, 0.25) is 0 Å². The zero-order chi connectivity index (χ0) is 13.9. The molecule has 0 aliphatic heterocycles. The second-order valence-corrected chi connectivity index (χ2v) is 4.37. The Balaban J connectivity index is 2.00. The van der Waals surface area contributed by atoms with Gasteiger partial charge in [0.15, 0.2) is 5.69 Å². The number of furan rings is 1. The average molecular weight is 268 g/mol. The molecule has 0 aliphatic carbocycles. The quantitative estimate of drug-likeness (QED) is 0.760. The van der Waals surface area contributed by atoms with E-state index in [2.05, 4.69) is 10.3 Å². The maximum absolute atomic E-state index is 11.1. The van der Waals surface area contributed by atoms with Crippen molar-refractivity contribution in [3.05, 3.63) is 60.2 Å². The zero-order valence-electron chi connectivity index (χ0n) is 10.5. The van der Waals surface area contributed by atoms with E-state index in [1.54, 1.807) is 18.6 Å². The van der Waals surface area contributed by atoms with Crippen LogP contribution in [0.15, 0.2) is 53.3 Å². The van der Waals surface area contributed by atoms with Crippen LogP contribution in [0.25, 0.3) is 10.8 Å². The molecule has 2 N–H and O–H groups in total. The van der Waals surface area contributed by atoms with Crippen molar-refractivity contribution in [3.8, 4) is 0 Å². The van der Waals surface area contributed by atoms with Gasteiger partial charge in [0.2, 0.25) is 0 Å². The van der Waals surface area contributed by atoms with Crippen molar-refractivity contribution in [1.29, 1.82) is 0 Å². The number of aromatic carboxylic acids is 1. The predicted molar refractivity (Wildman–Crippen MR) is 74.7 cm³/mol. The smallest absolute Gasteiger partial charge is 0.354 e. The van der Waals surface area contributed by atoms with E-state index in [0.29, 0.717) is 12.4 Å². The first-order valence-corrected chi connectivity index (χ1v) is 6.12. The summed E-state index contributed by atoms with van der Waals surface area (Å²) in [5, 5.41) is 14.0. The van der Waals surface area contributed by atoms with Gasteiger partial charge >= 0.3 is 5.97 Å². The summed E-state index contributed by atoms with van der Waals surface area (Å²) in [6, 6.07) is 11.0. The first kappa shape index (κ1) is 12.2. The molecule has 0 radical (unpaired) electrons. The van der Waals surface area contributed by atoms with Gasteiger partial charge in [-0.2, -0.15) is 0 Å². The van der Waals surface area contributed by atoms with Gasteiger partial charge in [-0.15, -0.1) is 0 Å². The molecule has 3 rings (SSSR count). The third kappa shape index (κ3) is 2.33. The highest BCUT2D eigenvalue weighted by Gasteiger charge is 2.10. The molecule has 0 saturated carbocycles. The van der Waals surface area contributed by atoms with Crippen molar-refractivity contribution in [1.82, 2.24) is 4.98 Å². The summed E-state index contributed by atoms with van der Waals surface area (Å²) in [6.07, 6.45) is 3.23. The number of hydrogen-bond acceptors (Lipinski definition) is 4. The number of aromatic nitrogens is 1. The lowest BCUT2D eigenvalue weighted by molar-refractivity contribution is 0.0691. The Bertz CT molecular complexity index is 751. The van der Waals surface area contributed by atoms with Gasteiger partial charge in [0.1, 0.15) is 5.82 Å². The first-order chi connectivity index (χ1) is 9.74. The van der Waals surface area contributed by atoms with Gasteiger partial charge in [0.25, 0.3) is 0 Å². The minimum absolute atomic E-state index is 0.0263. The van der Waals surface area contributed by atoms with Crippen molar-refractivity contribution in [2.45, 2.75) is 6.54 Å². The fourth-order valence-corrected chi connectivity index (χ4v) is 2.02. The van der Waals surface area contributed by atoms with Crippen molar-refractivity contribution in [3.63, 3.8) is 0 Å². The molecule has 0 bridgehead atoms. The second-order valence-electron chi connectivity index (χ2n) is 4.37. The lowest BCUT2D eigenvalue weighted by atomic mass is 10.1. The van der Waals surface area contributed by atoms with Crippen molar-refractivity contribution >= 4 is 22.6 Å². The third-order valence-electron chi connectivity index (χ3n) is 3.00. The fourth-order valence-electron chi connectivity index (χ4n) is 2.02. The Morgan fingerprint density at radius 2 is 2.15 bits per heavy atom. The Kier molecular flexibility index (Phi) is 3.09. The SMILES string of the molecule is O=C(O)c1cc2ccccc2c(NCc2ccoc2)n1. The number of rotatable bonds is 4. The van der Waals surface area contributed by atoms with E-state index in [-0.39, 0.29) is 5.69 Å². The maximum atomic E-state index is 11.1. The normalized spacial score (nSPS) is 10.6. The minimum Gasteiger partial charge on any atom is -0.477 e. The molecule has 2 heterocycles. The molecule has 0 fully saturated rings. The number of nitrogens with zero attached hydrogens (tertiary/aromatic N) is 1. The molecular formula is C15H12N2O3. The van der Waals surface area contributed by atoms with Crippen LogP contribution in [0.3, 0.4) is 0 Å². The standard InChI is InChI=1S/C15H12N2O3/c18-15(19)13-7-11-3-1-2-4-12(11)14(17-13)16-8-10-5-6-20-9-10/h1-7,9H,8H2,(H,16,17)(H,18,19). The summed E-state index contributed by atoms with van der Waals surface area (Å²) in [5.41, 5.74) is 0.995. The highest BCUT2D eigenvalue weighted by atomic mass is 16.4. The van der Waals surface area contributed by atoms with Gasteiger partial charge in [-0.1, -0.05) is 24.3 Å². The Hall–Kier alpha value is -2.82. The predicted octanol–water partition coefficient (Wildman–Crippen LogP) is 3.14. The fraction of sp³-hybridized carbons (Fsp3) is 0.0667. The molecule has 100 valence electrons. The monoisotopic (exact) mass is 268 g/mol.